The molecule has 0 aromatic carbocycles. The summed E-state index contributed by atoms with van der Waals surface area (Å²) < 4.78 is 4.97. The normalized spacial score (nSPS) is 13.6. The van der Waals surface area contributed by atoms with E-state index in [1.165, 1.54) is 0 Å². The zero-order valence-corrected chi connectivity index (χ0v) is 9.10. The van der Waals surface area contributed by atoms with E-state index < -0.39 is 11.7 Å². The summed E-state index contributed by atoms with van der Waals surface area (Å²) in [6, 6.07) is 0. The largest absolute Gasteiger partial charge is 0.444 e. The topological polar surface area (TPSA) is 58.6 Å². The SMILES string of the molecule is CC(C)(C)OC(=O)NCC(S)CO. The van der Waals surface area contributed by atoms with Gasteiger partial charge in [0.2, 0.25) is 0 Å². The van der Waals surface area contributed by atoms with Gasteiger partial charge in [-0.15, -0.1) is 0 Å². The molecule has 0 aromatic heterocycles. The van der Waals surface area contributed by atoms with Crippen LogP contribution in [0.1, 0.15) is 20.8 Å². The predicted octanol–water partition coefficient (Wildman–Crippen LogP) is 0.802. The molecule has 0 rings (SSSR count). The van der Waals surface area contributed by atoms with Crippen LogP contribution in [0.4, 0.5) is 4.79 Å². The molecule has 0 heterocycles. The van der Waals surface area contributed by atoms with Crippen LogP contribution in [-0.2, 0) is 4.74 Å². The maximum atomic E-state index is 11.0. The maximum absolute atomic E-state index is 11.0. The van der Waals surface area contributed by atoms with E-state index in [1.54, 1.807) is 20.8 Å². The van der Waals surface area contributed by atoms with Gasteiger partial charge in [-0.25, -0.2) is 4.79 Å². The Morgan fingerprint density at radius 2 is 2.15 bits per heavy atom. The fourth-order valence-corrected chi connectivity index (χ4v) is 0.671. The molecule has 1 amide bonds. The molecule has 0 saturated heterocycles. The van der Waals surface area contributed by atoms with Crippen molar-refractivity contribution in [2.24, 2.45) is 0 Å². The van der Waals surface area contributed by atoms with E-state index in [0.29, 0.717) is 6.54 Å². The Labute approximate surface area is 84.1 Å². The van der Waals surface area contributed by atoms with Crippen LogP contribution < -0.4 is 5.32 Å². The van der Waals surface area contributed by atoms with Crippen LogP contribution in [0, 0.1) is 0 Å². The van der Waals surface area contributed by atoms with Crippen molar-refractivity contribution in [2.45, 2.75) is 31.6 Å². The van der Waals surface area contributed by atoms with Crippen molar-refractivity contribution < 1.29 is 14.6 Å². The van der Waals surface area contributed by atoms with Crippen LogP contribution in [0.15, 0.2) is 0 Å². The molecule has 4 nitrogen and oxygen atoms in total. The van der Waals surface area contributed by atoms with Crippen LogP contribution in [0.2, 0.25) is 0 Å². The fraction of sp³-hybridized carbons (Fsp3) is 0.875. The Hall–Kier alpha value is -0.420. The van der Waals surface area contributed by atoms with Gasteiger partial charge < -0.3 is 15.2 Å². The summed E-state index contributed by atoms with van der Waals surface area (Å²) in [6.45, 7) is 5.60. The summed E-state index contributed by atoms with van der Waals surface area (Å²) in [6.07, 6.45) is -0.486. The van der Waals surface area contributed by atoms with E-state index in [4.69, 9.17) is 9.84 Å². The lowest BCUT2D eigenvalue weighted by atomic mass is 10.2. The van der Waals surface area contributed by atoms with E-state index in [9.17, 15) is 4.79 Å². The molecule has 0 saturated carbocycles. The molecule has 0 aliphatic rings. The first-order valence-electron chi connectivity index (χ1n) is 4.11. The number of hydrogen-bond donors (Lipinski definition) is 3. The number of amides is 1. The summed E-state index contributed by atoms with van der Waals surface area (Å²) >= 11 is 4.00. The van der Waals surface area contributed by atoms with Gasteiger partial charge in [0, 0.05) is 11.8 Å². The molecule has 5 heteroatoms. The number of rotatable bonds is 3. The molecule has 13 heavy (non-hydrogen) atoms. The molecule has 0 fully saturated rings. The van der Waals surface area contributed by atoms with E-state index in [-0.39, 0.29) is 11.9 Å². The lowest BCUT2D eigenvalue weighted by Gasteiger charge is -2.20. The zero-order chi connectivity index (χ0) is 10.5. The number of nitrogens with one attached hydrogen (secondary N) is 1. The van der Waals surface area contributed by atoms with Crippen molar-refractivity contribution in [1.82, 2.24) is 5.32 Å². The second-order valence-corrected chi connectivity index (χ2v) is 4.45. The van der Waals surface area contributed by atoms with Crippen LogP contribution in [-0.4, -0.2) is 35.2 Å². The van der Waals surface area contributed by atoms with Gasteiger partial charge in [0.15, 0.2) is 0 Å². The molecule has 0 radical (unpaired) electrons. The Kier molecular flexibility index (Phi) is 5.17. The van der Waals surface area contributed by atoms with Gasteiger partial charge in [-0.05, 0) is 20.8 Å². The number of carbonyl (C=O) groups excluding carboxylic acids is 1. The van der Waals surface area contributed by atoms with Gasteiger partial charge in [-0.3, -0.25) is 0 Å². The van der Waals surface area contributed by atoms with E-state index >= 15 is 0 Å². The monoisotopic (exact) mass is 207 g/mol. The van der Waals surface area contributed by atoms with Crippen LogP contribution in [0.5, 0.6) is 0 Å². The fourth-order valence-electron chi connectivity index (χ4n) is 0.580. The molecule has 0 aliphatic carbocycles. The van der Waals surface area contributed by atoms with Crippen molar-refractivity contribution in [3.05, 3.63) is 0 Å². The van der Waals surface area contributed by atoms with Gasteiger partial charge >= 0.3 is 6.09 Å². The summed E-state index contributed by atoms with van der Waals surface area (Å²) in [5, 5.41) is 10.9. The van der Waals surface area contributed by atoms with E-state index in [2.05, 4.69) is 17.9 Å². The molecule has 0 spiro atoms. The average molecular weight is 207 g/mol. The van der Waals surface area contributed by atoms with Gasteiger partial charge in [0.1, 0.15) is 5.60 Å². The lowest BCUT2D eigenvalue weighted by Crippen LogP contribution is -2.36. The molecule has 1 unspecified atom stereocenters. The summed E-state index contributed by atoms with van der Waals surface area (Å²) in [5.41, 5.74) is -0.491. The third-order valence-electron chi connectivity index (χ3n) is 1.09. The lowest BCUT2D eigenvalue weighted by molar-refractivity contribution is 0.0526. The Balaban J connectivity index is 3.64. The van der Waals surface area contributed by atoms with Crippen molar-refractivity contribution in [3.63, 3.8) is 0 Å². The highest BCUT2D eigenvalue weighted by Gasteiger charge is 2.16. The van der Waals surface area contributed by atoms with Gasteiger partial charge in [-0.2, -0.15) is 12.6 Å². The third-order valence-corrected chi connectivity index (χ3v) is 1.44. The van der Waals surface area contributed by atoms with Crippen molar-refractivity contribution in [3.8, 4) is 0 Å². The molecule has 2 N–H and O–H groups in total. The highest BCUT2D eigenvalue weighted by atomic mass is 32.1. The number of aliphatic hydroxyl groups is 1. The predicted molar refractivity (Wildman–Crippen MR) is 54.1 cm³/mol. The second kappa shape index (κ2) is 5.34. The first-order valence-corrected chi connectivity index (χ1v) is 4.62. The molecular formula is C8H17NO3S. The highest BCUT2D eigenvalue weighted by Crippen LogP contribution is 2.06. The number of alkyl carbamates (subject to hydrolysis) is 1. The van der Waals surface area contributed by atoms with E-state index in [0.717, 1.165) is 0 Å². The number of thiol groups is 1. The number of hydrogen-bond acceptors (Lipinski definition) is 4. The van der Waals surface area contributed by atoms with Crippen molar-refractivity contribution in [2.75, 3.05) is 13.2 Å². The number of carbonyl (C=O) groups is 1. The minimum Gasteiger partial charge on any atom is -0.444 e. The third kappa shape index (κ3) is 7.93. The Bertz CT molecular complexity index is 167. The Morgan fingerprint density at radius 3 is 2.54 bits per heavy atom. The minimum atomic E-state index is -0.491. The van der Waals surface area contributed by atoms with Gasteiger partial charge in [-0.1, -0.05) is 0 Å². The summed E-state index contributed by atoms with van der Waals surface area (Å²) in [5.74, 6) is 0. The summed E-state index contributed by atoms with van der Waals surface area (Å²) in [7, 11) is 0. The molecule has 78 valence electrons. The van der Waals surface area contributed by atoms with E-state index in [1.807, 2.05) is 0 Å². The average Bonchev–Trinajstić information content (AvgIpc) is 1.97. The standard InChI is InChI=1S/C8H17NO3S/c1-8(2,3)12-7(11)9-4-6(13)5-10/h6,10,13H,4-5H2,1-3H3,(H,9,11). The highest BCUT2D eigenvalue weighted by molar-refractivity contribution is 7.81. The first-order chi connectivity index (χ1) is 5.85. The quantitative estimate of drug-likeness (QED) is 0.600. The van der Waals surface area contributed by atoms with Crippen LogP contribution in [0.3, 0.4) is 0 Å². The molecule has 0 aromatic rings. The number of ether oxygens (including phenoxy) is 1. The minimum absolute atomic E-state index is 0.0705. The second-order valence-electron chi connectivity index (χ2n) is 3.72. The smallest absolute Gasteiger partial charge is 0.407 e. The molecular weight excluding hydrogens is 190 g/mol. The Morgan fingerprint density at radius 1 is 1.62 bits per heavy atom. The van der Waals surface area contributed by atoms with Crippen molar-refractivity contribution in [1.29, 1.82) is 0 Å². The first kappa shape index (κ1) is 12.6. The zero-order valence-electron chi connectivity index (χ0n) is 8.20. The molecule has 0 bridgehead atoms. The number of aliphatic hydroxyl groups excluding tert-OH is 1. The maximum Gasteiger partial charge on any atom is 0.407 e. The van der Waals surface area contributed by atoms with Gasteiger partial charge in [0.05, 0.1) is 6.61 Å². The van der Waals surface area contributed by atoms with Crippen molar-refractivity contribution >= 4 is 18.7 Å². The van der Waals surface area contributed by atoms with Gasteiger partial charge in [0.25, 0.3) is 0 Å². The molecule has 0 aliphatic heterocycles. The van der Waals surface area contributed by atoms with Crippen LogP contribution in [0.25, 0.3) is 0 Å². The molecule has 1 atom stereocenters. The summed E-state index contributed by atoms with van der Waals surface area (Å²) in [4.78, 5) is 11.0. The van der Waals surface area contributed by atoms with Crippen LogP contribution >= 0.6 is 12.6 Å².